The smallest absolute Gasteiger partial charge is 0.305 e. The summed E-state index contributed by atoms with van der Waals surface area (Å²) in [4.78, 5) is 24.8. The molecule has 0 heterocycles. The van der Waals surface area contributed by atoms with Crippen molar-refractivity contribution in [1.29, 1.82) is 0 Å². The summed E-state index contributed by atoms with van der Waals surface area (Å²) in [7, 11) is 0. The standard InChI is InChI=1S/C23H31NO4/c1-14(2)28-19-5-3-18(4-6-19)20(10-21(25)26)24-22(27)23-11-15-7-16(12-23)9-17(8-15)13-23/h3-6,14-17,20H,7-13H2,1-2H3,(H,24,27)(H,25,26)/t15?,16?,17?,20-,23?/m1/s1. The predicted molar refractivity (Wildman–Crippen MR) is 106 cm³/mol. The first-order valence-corrected chi connectivity index (χ1v) is 10.6. The fraction of sp³-hybridized carbons (Fsp3) is 0.652. The number of carbonyl (C=O) groups is 2. The Morgan fingerprint density at radius 1 is 1.07 bits per heavy atom. The van der Waals surface area contributed by atoms with E-state index in [2.05, 4.69) is 5.32 Å². The highest BCUT2D eigenvalue weighted by Gasteiger charge is 2.54. The van der Waals surface area contributed by atoms with Gasteiger partial charge in [-0.05, 0) is 87.8 Å². The Kier molecular flexibility index (Phi) is 5.11. The van der Waals surface area contributed by atoms with E-state index in [-0.39, 0.29) is 23.8 Å². The zero-order valence-electron chi connectivity index (χ0n) is 16.8. The molecule has 4 saturated carbocycles. The SMILES string of the molecule is CC(C)Oc1ccc([C@@H](CC(=O)O)NC(=O)C23CC4CC(CC(C4)C2)C3)cc1. The molecule has 4 aliphatic carbocycles. The van der Waals surface area contributed by atoms with Crippen LogP contribution in [0.15, 0.2) is 24.3 Å². The minimum Gasteiger partial charge on any atom is -0.491 e. The first kappa shape index (κ1) is 19.3. The fourth-order valence-electron chi connectivity index (χ4n) is 6.18. The Bertz CT molecular complexity index is 704. The van der Waals surface area contributed by atoms with Crippen LogP contribution in [0.5, 0.6) is 5.75 Å². The van der Waals surface area contributed by atoms with Gasteiger partial charge in [-0.25, -0.2) is 0 Å². The zero-order chi connectivity index (χ0) is 19.9. The van der Waals surface area contributed by atoms with Crippen molar-refractivity contribution >= 4 is 11.9 Å². The van der Waals surface area contributed by atoms with Gasteiger partial charge in [0.1, 0.15) is 5.75 Å². The average Bonchev–Trinajstić information content (AvgIpc) is 2.59. The summed E-state index contributed by atoms with van der Waals surface area (Å²) in [5.41, 5.74) is 0.545. The lowest BCUT2D eigenvalue weighted by molar-refractivity contribution is -0.147. The maximum atomic E-state index is 13.3. The van der Waals surface area contributed by atoms with Crippen molar-refractivity contribution in [2.75, 3.05) is 0 Å². The molecule has 1 aromatic carbocycles. The molecule has 5 rings (SSSR count). The van der Waals surface area contributed by atoms with Gasteiger partial charge in [0.15, 0.2) is 0 Å². The van der Waals surface area contributed by atoms with E-state index < -0.39 is 12.0 Å². The van der Waals surface area contributed by atoms with Crippen molar-refractivity contribution in [2.45, 2.75) is 70.9 Å². The molecule has 2 N–H and O–H groups in total. The number of ether oxygens (including phenoxy) is 1. The molecule has 5 heteroatoms. The highest BCUT2D eigenvalue weighted by molar-refractivity contribution is 5.84. The minimum absolute atomic E-state index is 0.0698. The van der Waals surface area contributed by atoms with Gasteiger partial charge in [-0.1, -0.05) is 12.1 Å². The number of hydrogen-bond acceptors (Lipinski definition) is 3. The Balaban J connectivity index is 1.50. The van der Waals surface area contributed by atoms with Crippen LogP contribution in [0.2, 0.25) is 0 Å². The first-order valence-electron chi connectivity index (χ1n) is 10.6. The van der Waals surface area contributed by atoms with Crippen molar-refractivity contribution in [2.24, 2.45) is 23.2 Å². The average molecular weight is 386 g/mol. The second-order valence-electron chi connectivity index (χ2n) is 9.56. The zero-order valence-corrected chi connectivity index (χ0v) is 16.8. The summed E-state index contributed by atoms with van der Waals surface area (Å²) in [5, 5.41) is 12.5. The van der Waals surface area contributed by atoms with E-state index in [4.69, 9.17) is 4.74 Å². The number of benzene rings is 1. The molecule has 4 fully saturated rings. The van der Waals surface area contributed by atoms with Crippen LogP contribution in [0, 0.1) is 23.2 Å². The van der Waals surface area contributed by atoms with Crippen molar-refractivity contribution in [3.05, 3.63) is 29.8 Å². The summed E-state index contributed by atoms with van der Waals surface area (Å²) in [5.74, 6) is 1.96. The van der Waals surface area contributed by atoms with E-state index in [1.54, 1.807) is 0 Å². The van der Waals surface area contributed by atoms with E-state index >= 15 is 0 Å². The molecule has 0 unspecified atom stereocenters. The monoisotopic (exact) mass is 385 g/mol. The highest BCUT2D eigenvalue weighted by Crippen LogP contribution is 2.60. The Labute approximate surface area is 166 Å². The van der Waals surface area contributed by atoms with Gasteiger partial charge >= 0.3 is 5.97 Å². The van der Waals surface area contributed by atoms with Gasteiger partial charge in [0, 0.05) is 5.41 Å². The van der Waals surface area contributed by atoms with E-state index in [1.807, 2.05) is 38.1 Å². The number of carbonyl (C=O) groups excluding carboxylic acids is 1. The number of nitrogens with one attached hydrogen (secondary N) is 1. The minimum atomic E-state index is -0.904. The largest absolute Gasteiger partial charge is 0.491 e. The Morgan fingerprint density at radius 2 is 1.61 bits per heavy atom. The number of carboxylic acids is 1. The number of aliphatic carboxylic acids is 1. The van der Waals surface area contributed by atoms with Gasteiger partial charge in [0.2, 0.25) is 5.91 Å². The quantitative estimate of drug-likeness (QED) is 0.733. The second-order valence-corrected chi connectivity index (χ2v) is 9.56. The molecule has 0 radical (unpaired) electrons. The molecular weight excluding hydrogens is 354 g/mol. The number of rotatable bonds is 7. The van der Waals surface area contributed by atoms with Gasteiger partial charge in [-0.3, -0.25) is 9.59 Å². The fourth-order valence-corrected chi connectivity index (χ4v) is 6.18. The molecule has 28 heavy (non-hydrogen) atoms. The van der Waals surface area contributed by atoms with E-state index in [0.717, 1.165) is 30.6 Å². The van der Waals surface area contributed by atoms with Crippen LogP contribution in [0.1, 0.15) is 70.4 Å². The molecule has 1 atom stereocenters. The van der Waals surface area contributed by atoms with Crippen LogP contribution < -0.4 is 10.1 Å². The summed E-state index contributed by atoms with van der Waals surface area (Å²) in [6.45, 7) is 3.93. The van der Waals surface area contributed by atoms with Crippen LogP contribution in [-0.2, 0) is 9.59 Å². The molecule has 1 amide bonds. The number of amides is 1. The van der Waals surface area contributed by atoms with Gasteiger partial charge in [0.05, 0.1) is 18.6 Å². The third kappa shape index (κ3) is 3.89. The van der Waals surface area contributed by atoms with Crippen LogP contribution >= 0.6 is 0 Å². The third-order valence-electron chi connectivity index (χ3n) is 6.86. The van der Waals surface area contributed by atoms with Crippen LogP contribution in [0.25, 0.3) is 0 Å². The number of hydrogen-bond donors (Lipinski definition) is 2. The maximum Gasteiger partial charge on any atom is 0.305 e. The van der Waals surface area contributed by atoms with Gasteiger partial charge in [-0.2, -0.15) is 0 Å². The van der Waals surface area contributed by atoms with Crippen molar-refractivity contribution in [1.82, 2.24) is 5.32 Å². The van der Waals surface area contributed by atoms with E-state index in [0.29, 0.717) is 17.8 Å². The molecule has 0 aromatic heterocycles. The Hall–Kier alpha value is -2.04. The molecule has 152 valence electrons. The lowest BCUT2D eigenvalue weighted by Crippen LogP contribution is -2.54. The molecule has 1 aromatic rings. The van der Waals surface area contributed by atoms with Crippen LogP contribution in [0.4, 0.5) is 0 Å². The van der Waals surface area contributed by atoms with Crippen LogP contribution in [-0.4, -0.2) is 23.1 Å². The molecule has 5 nitrogen and oxygen atoms in total. The normalized spacial score (nSPS) is 31.6. The summed E-state index contributed by atoms with van der Waals surface area (Å²) < 4.78 is 5.67. The molecule has 4 aliphatic rings. The van der Waals surface area contributed by atoms with Crippen molar-refractivity contribution < 1.29 is 19.4 Å². The van der Waals surface area contributed by atoms with E-state index in [1.165, 1.54) is 19.3 Å². The lowest BCUT2D eigenvalue weighted by atomic mass is 9.49. The topological polar surface area (TPSA) is 75.6 Å². The third-order valence-corrected chi connectivity index (χ3v) is 6.86. The molecule has 0 aliphatic heterocycles. The summed E-state index contributed by atoms with van der Waals surface area (Å²) >= 11 is 0. The molecule has 0 spiro atoms. The maximum absolute atomic E-state index is 13.3. The molecular formula is C23H31NO4. The van der Waals surface area contributed by atoms with E-state index in [9.17, 15) is 14.7 Å². The van der Waals surface area contributed by atoms with Gasteiger partial charge < -0.3 is 15.2 Å². The van der Waals surface area contributed by atoms with Crippen molar-refractivity contribution in [3.8, 4) is 5.75 Å². The summed E-state index contributed by atoms with van der Waals surface area (Å²) in [6, 6.07) is 6.92. The van der Waals surface area contributed by atoms with Crippen LogP contribution in [0.3, 0.4) is 0 Å². The first-order chi connectivity index (χ1) is 13.3. The van der Waals surface area contributed by atoms with Gasteiger partial charge in [0.25, 0.3) is 0 Å². The highest BCUT2D eigenvalue weighted by atomic mass is 16.5. The second kappa shape index (κ2) is 7.41. The van der Waals surface area contributed by atoms with Gasteiger partial charge in [-0.15, -0.1) is 0 Å². The lowest BCUT2D eigenvalue weighted by Gasteiger charge is -2.55. The van der Waals surface area contributed by atoms with Crippen molar-refractivity contribution in [3.63, 3.8) is 0 Å². The Morgan fingerprint density at radius 3 is 2.07 bits per heavy atom. The summed E-state index contributed by atoms with van der Waals surface area (Å²) in [6.07, 6.45) is 6.75. The molecule has 0 saturated heterocycles. The molecule has 4 bridgehead atoms. The predicted octanol–water partition coefficient (Wildman–Crippen LogP) is 4.32. The number of carboxylic acid groups (broad SMARTS) is 1.